The summed E-state index contributed by atoms with van der Waals surface area (Å²) in [6.07, 6.45) is 11.7. The summed E-state index contributed by atoms with van der Waals surface area (Å²) in [5.41, 5.74) is 3.41. The number of ether oxygens (including phenoxy) is 2. The molecule has 0 radical (unpaired) electrons. The minimum Gasteiger partial charge on any atom is -0.492 e. The third-order valence-electron chi connectivity index (χ3n) is 5.31. The van der Waals surface area contributed by atoms with Crippen LogP contribution in [0.1, 0.15) is 63.1 Å². The number of hydrogen-bond acceptors (Lipinski definition) is 6. The molecule has 27 heavy (non-hydrogen) atoms. The molecular weight excluding hydrogens is 346 g/mol. The van der Waals surface area contributed by atoms with Gasteiger partial charge in [0.1, 0.15) is 11.2 Å². The molecule has 3 heterocycles. The lowest BCUT2D eigenvalue weighted by Crippen LogP contribution is -2.48. The zero-order chi connectivity index (χ0) is 19.0. The van der Waals surface area contributed by atoms with Gasteiger partial charge in [0.2, 0.25) is 0 Å². The van der Waals surface area contributed by atoms with E-state index in [0.717, 1.165) is 62.8 Å². The van der Waals surface area contributed by atoms with Crippen molar-refractivity contribution in [1.82, 2.24) is 10.4 Å². The Labute approximate surface area is 160 Å². The third-order valence-corrected chi connectivity index (χ3v) is 5.31. The van der Waals surface area contributed by atoms with Gasteiger partial charge in [0.05, 0.1) is 37.8 Å². The molecule has 3 rings (SSSR count). The Morgan fingerprint density at radius 1 is 1.22 bits per heavy atom. The summed E-state index contributed by atoms with van der Waals surface area (Å²) in [4.78, 5) is 15.7. The van der Waals surface area contributed by atoms with E-state index in [1.54, 1.807) is 6.20 Å². The van der Waals surface area contributed by atoms with Gasteiger partial charge >= 0.3 is 5.97 Å². The highest BCUT2D eigenvalue weighted by atomic mass is 16.5. The highest BCUT2D eigenvalue weighted by Gasteiger charge is 2.45. The van der Waals surface area contributed by atoms with Crippen LogP contribution in [0, 0.1) is 5.41 Å². The fourth-order valence-electron chi connectivity index (χ4n) is 3.41. The monoisotopic (exact) mass is 375 g/mol. The summed E-state index contributed by atoms with van der Waals surface area (Å²) < 4.78 is 10.8. The fraction of sp³-hybridized carbons (Fsp3) is 0.650. The molecule has 0 spiro atoms. The first kappa shape index (κ1) is 19.6. The van der Waals surface area contributed by atoms with Crippen LogP contribution in [-0.2, 0) is 9.53 Å². The summed E-state index contributed by atoms with van der Waals surface area (Å²) in [6, 6.07) is 4.13. The van der Waals surface area contributed by atoms with Crippen LogP contribution < -0.4 is 10.2 Å². The van der Waals surface area contributed by atoms with E-state index in [9.17, 15) is 9.90 Å². The van der Waals surface area contributed by atoms with Crippen molar-refractivity contribution in [1.29, 1.82) is 0 Å². The number of unbranched alkanes of at least 4 members (excludes halogenated alkanes) is 5. The second kappa shape index (κ2) is 9.69. The Balaban J connectivity index is 1.19. The van der Waals surface area contributed by atoms with Crippen molar-refractivity contribution >= 4 is 12.2 Å². The van der Waals surface area contributed by atoms with Crippen molar-refractivity contribution in [3.8, 4) is 5.75 Å². The van der Waals surface area contributed by atoms with Crippen LogP contribution in [0.2, 0.25) is 0 Å². The summed E-state index contributed by atoms with van der Waals surface area (Å²) >= 11 is 0. The maximum absolute atomic E-state index is 11.2. The van der Waals surface area contributed by atoms with E-state index in [1.807, 2.05) is 18.3 Å². The van der Waals surface area contributed by atoms with E-state index in [1.165, 1.54) is 0 Å². The Bertz CT molecular complexity index is 621. The highest BCUT2D eigenvalue weighted by Crippen LogP contribution is 2.33. The number of pyridine rings is 1. The summed E-state index contributed by atoms with van der Waals surface area (Å²) in [5.74, 6) is 0.0978. The topological polar surface area (TPSA) is 93.0 Å². The van der Waals surface area contributed by atoms with Crippen LogP contribution in [0.5, 0.6) is 5.75 Å². The molecule has 1 unspecified atom stereocenters. The van der Waals surface area contributed by atoms with Crippen LogP contribution >= 0.6 is 0 Å². The molecule has 0 bridgehead atoms. The van der Waals surface area contributed by atoms with Gasteiger partial charge in [0, 0.05) is 12.6 Å². The lowest BCUT2D eigenvalue weighted by molar-refractivity contribution is -0.181. The molecule has 0 aliphatic carbocycles. The van der Waals surface area contributed by atoms with Crippen LogP contribution in [0.4, 0.5) is 0 Å². The molecule has 7 heteroatoms. The number of aromatic nitrogens is 1. The zero-order valence-electron chi connectivity index (χ0n) is 15.7. The molecule has 1 fully saturated rings. The van der Waals surface area contributed by atoms with Gasteiger partial charge in [-0.2, -0.15) is 5.10 Å². The number of aliphatic carboxylic acids is 1. The van der Waals surface area contributed by atoms with E-state index in [4.69, 9.17) is 9.47 Å². The standard InChI is InChI=1S/C20H29N3O4/c24-19(25)20(14-26-15-20)10-5-3-1-2-4-6-12-27-16-7-8-17(21-13-16)18-9-11-22-23-18/h7-8,11,13,18,23H,1-6,9-10,12,14-15H2,(H,24,25). The number of rotatable bonds is 12. The molecule has 1 saturated heterocycles. The maximum Gasteiger partial charge on any atom is 0.314 e. The summed E-state index contributed by atoms with van der Waals surface area (Å²) in [7, 11) is 0. The van der Waals surface area contributed by atoms with Crippen molar-refractivity contribution in [3.63, 3.8) is 0 Å². The van der Waals surface area contributed by atoms with E-state index in [2.05, 4.69) is 15.5 Å². The predicted octanol–water partition coefficient (Wildman–Crippen LogP) is 3.31. The van der Waals surface area contributed by atoms with Crippen molar-refractivity contribution in [3.05, 3.63) is 24.0 Å². The Morgan fingerprint density at radius 3 is 2.59 bits per heavy atom. The molecular formula is C20H29N3O4. The lowest BCUT2D eigenvalue weighted by Gasteiger charge is -2.37. The van der Waals surface area contributed by atoms with Gasteiger partial charge in [-0.15, -0.1) is 0 Å². The zero-order valence-corrected chi connectivity index (χ0v) is 15.7. The van der Waals surface area contributed by atoms with Crippen LogP contribution in [0.25, 0.3) is 0 Å². The van der Waals surface area contributed by atoms with E-state index in [-0.39, 0.29) is 6.04 Å². The number of nitrogens with zero attached hydrogens (tertiary/aromatic N) is 2. The summed E-state index contributed by atoms with van der Waals surface area (Å²) in [6.45, 7) is 1.45. The van der Waals surface area contributed by atoms with Gasteiger partial charge < -0.3 is 20.0 Å². The number of nitrogens with one attached hydrogen (secondary N) is 1. The minimum atomic E-state index is -0.707. The second-order valence-electron chi connectivity index (χ2n) is 7.45. The highest BCUT2D eigenvalue weighted by molar-refractivity contribution is 5.75. The number of carboxylic acids is 1. The van der Waals surface area contributed by atoms with E-state index in [0.29, 0.717) is 19.8 Å². The SMILES string of the molecule is O=C(O)C1(CCCCCCCCOc2ccc(C3CC=NN3)nc2)COC1. The third kappa shape index (κ3) is 5.42. The van der Waals surface area contributed by atoms with Crippen molar-refractivity contribution in [2.24, 2.45) is 10.5 Å². The van der Waals surface area contributed by atoms with Crippen LogP contribution in [0.3, 0.4) is 0 Å². The van der Waals surface area contributed by atoms with Gasteiger partial charge in [0.25, 0.3) is 0 Å². The number of carbonyl (C=O) groups is 1. The molecule has 1 aromatic rings. The molecule has 2 N–H and O–H groups in total. The first-order chi connectivity index (χ1) is 13.2. The minimum absolute atomic E-state index is 0.182. The second-order valence-corrected chi connectivity index (χ2v) is 7.45. The van der Waals surface area contributed by atoms with Crippen LogP contribution in [-0.4, -0.2) is 42.1 Å². The largest absolute Gasteiger partial charge is 0.492 e. The number of carboxylic acid groups (broad SMARTS) is 1. The molecule has 0 aromatic carbocycles. The Morgan fingerprint density at radius 2 is 2.00 bits per heavy atom. The van der Waals surface area contributed by atoms with Crippen molar-refractivity contribution in [2.45, 2.75) is 57.4 Å². The molecule has 2 aliphatic rings. The lowest BCUT2D eigenvalue weighted by atomic mass is 9.81. The first-order valence-corrected chi connectivity index (χ1v) is 9.87. The summed E-state index contributed by atoms with van der Waals surface area (Å²) in [5, 5.41) is 13.2. The predicted molar refractivity (Wildman–Crippen MR) is 102 cm³/mol. The van der Waals surface area contributed by atoms with Gasteiger partial charge in [-0.1, -0.05) is 32.1 Å². The molecule has 2 aliphatic heterocycles. The van der Waals surface area contributed by atoms with Gasteiger partial charge in [-0.05, 0) is 25.0 Å². The molecule has 0 amide bonds. The number of hydrazone groups is 1. The van der Waals surface area contributed by atoms with E-state index >= 15 is 0 Å². The van der Waals surface area contributed by atoms with Crippen molar-refractivity contribution < 1.29 is 19.4 Å². The Kier molecular flexibility index (Phi) is 7.04. The van der Waals surface area contributed by atoms with Crippen LogP contribution in [0.15, 0.2) is 23.4 Å². The number of hydrogen-bond donors (Lipinski definition) is 2. The molecule has 1 atom stereocenters. The molecule has 1 aromatic heterocycles. The smallest absolute Gasteiger partial charge is 0.314 e. The molecule has 0 saturated carbocycles. The maximum atomic E-state index is 11.2. The average Bonchev–Trinajstić information content (AvgIpc) is 3.17. The quantitative estimate of drug-likeness (QED) is 0.545. The van der Waals surface area contributed by atoms with E-state index < -0.39 is 11.4 Å². The molecule has 148 valence electrons. The Hall–Kier alpha value is -2.15. The van der Waals surface area contributed by atoms with Crippen molar-refractivity contribution in [2.75, 3.05) is 19.8 Å². The van der Waals surface area contributed by atoms with Gasteiger partial charge in [-0.25, -0.2) is 0 Å². The average molecular weight is 375 g/mol. The molecule has 7 nitrogen and oxygen atoms in total. The first-order valence-electron chi connectivity index (χ1n) is 9.87. The fourth-order valence-corrected chi connectivity index (χ4v) is 3.41. The van der Waals surface area contributed by atoms with Gasteiger partial charge in [-0.3, -0.25) is 9.78 Å². The normalized spacial score (nSPS) is 20.1. The van der Waals surface area contributed by atoms with Gasteiger partial charge in [0.15, 0.2) is 0 Å².